The highest BCUT2D eigenvalue weighted by atomic mass is 16.3. The van der Waals surface area contributed by atoms with Gasteiger partial charge >= 0.3 is 0 Å². The first-order valence-corrected chi connectivity index (χ1v) is 5.60. The van der Waals surface area contributed by atoms with Crippen LogP contribution in [-0.4, -0.2) is 28.0 Å². The van der Waals surface area contributed by atoms with E-state index in [2.05, 4.69) is 25.9 Å². The lowest BCUT2D eigenvalue weighted by atomic mass is 9.78. The molecule has 1 heterocycles. The van der Waals surface area contributed by atoms with Crippen molar-refractivity contribution >= 4 is 0 Å². The highest BCUT2D eigenvalue weighted by Gasteiger charge is 2.33. The Morgan fingerprint density at radius 3 is 2.31 bits per heavy atom. The maximum atomic E-state index is 9.52. The number of nitrogens with zero attached hydrogens (tertiary/aromatic N) is 2. The molecule has 4 heteroatoms. The number of rotatable bonds is 3. The maximum Gasteiger partial charge on any atom is 0.0716 e. The van der Waals surface area contributed by atoms with Gasteiger partial charge in [0, 0.05) is 36.2 Å². The number of aromatic nitrogens is 2. The Labute approximate surface area is 97.5 Å². The molecule has 92 valence electrons. The molecule has 1 unspecified atom stereocenters. The van der Waals surface area contributed by atoms with Crippen LogP contribution in [0.4, 0.5) is 0 Å². The van der Waals surface area contributed by atoms with E-state index < -0.39 is 5.41 Å². The summed E-state index contributed by atoms with van der Waals surface area (Å²) in [4.78, 5) is 0. The number of nitrogens with two attached hydrogens (primary N) is 1. The summed E-state index contributed by atoms with van der Waals surface area (Å²) in [5, 5.41) is 14.0. The van der Waals surface area contributed by atoms with Gasteiger partial charge in [-0.25, -0.2) is 0 Å². The molecule has 0 radical (unpaired) electrons. The van der Waals surface area contributed by atoms with Gasteiger partial charge in [0.25, 0.3) is 0 Å². The van der Waals surface area contributed by atoms with Gasteiger partial charge in [0.2, 0.25) is 0 Å². The van der Waals surface area contributed by atoms with Gasteiger partial charge < -0.3 is 10.8 Å². The average Bonchev–Trinajstić information content (AvgIpc) is 2.59. The molecule has 0 aromatic carbocycles. The van der Waals surface area contributed by atoms with Gasteiger partial charge in [-0.3, -0.25) is 4.68 Å². The van der Waals surface area contributed by atoms with E-state index in [0.717, 1.165) is 11.3 Å². The molecule has 0 fully saturated rings. The van der Waals surface area contributed by atoms with Gasteiger partial charge in [0.15, 0.2) is 0 Å². The second-order valence-electron chi connectivity index (χ2n) is 5.74. The predicted octanol–water partition coefficient (Wildman–Crippen LogP) is 0.926. The Bertz CT molecular complexity index is 359. The van der Waals surface area contributed by atoms with Gasteiger partial charge in [0.05, 0.1) is 12.3 Å². The Kier molecular flexibility index (Phi) is 3.45. The number of aliphatic hydroxyl groups is 1. The maximum absolute atomic E-state index is 9.52. The van der Waals surface area contributed by atoms with Crippen LogP contribution in [0, 0.1) is 0 Å². The lowest BCUT2D eigenvalue weighted by molar-refractivity contribution is 0.208. The molecule has 0 spiro atoms. The van der Waals surface area contributed by atoms with Gasteiger partial charge in [-0.1, -0.05) is 27.7 Å². The van der Waals surface area contributed by atoms with Crippen LogP contribution in [0.1, 0.15) is 39.0 Å². The van der Waals surface area contributed by atoms with E-state index in [1.54, 1.807) is 4.68 Å². The molecule has 3 N–H and O–H groups in total. The molecule has 1 aromatic heterocycles. The number of hydrogen-bond donors (Lipinski definition) is 2. The molecule has 1 aromatic rings. The summed E-state index contributed by atoms with van der Waals surface area (Å²) in [5.74, 6) is 0. The minimum Gasteiger partial charge on any atom is -0.395 e. The quantitative estimate of drug-likeness (QED) is 0.804. The Balaban J connectivity index is 3.33. The third-order valence-corrected chi connectivity index (χ3v) is 2.99. The Hall–Kier alpha value is -0.870. The summed E-state index contributed by atoms with van der Waals surface area (Å²) in [6.45, 7) is 8.78. The van der Waals surface area contributed by atoms with Crippen LogP contribution in [0.25, 0.3) is 0 Å². The van der Waals surface area contributed by atoms with Crippen LogP contribution >= 0.6 is 0 Å². The van der Waals surface area contributed by atoms with E-state index in [4.69, 9.17) is 5.73 Å². The van der Waals surface area contributed by atoms with Crippen LogP contribution in [0.15, 0.2) is 6.20 Å². The molecule has 0 saturated heterocycles. The highest BCUT2D eigenvalue weighted by molar-refractivity contribution is 5.32. The largest absolute Gasteiger partial charge is 0.395 e. The molecule has 0 aliphatic carbocycles. The molecule has 0 saturated carbocycles. The summed E-state index contributed by atoms with van der Waals surface area (Å²) in [6, 6.07) is 0. The van der Waals surface area contributed by atoms with Crippen molar-refractivity contribution in [2.75, 3.05) is 13.2 Å². The molecule has 1 rings (SSSR count). The minimum absolute atomic E-state index is 0.0395. The van der Waals surface area contributed by atoms with Crippen LogP contribution in [0.3, 0.4) is 0 Å². The normalized spacial score (nSPS) is 16.2. The molecule has 16 heavy (non-hydrogen) atoms. The molecular weight excluding hydrogens is 202 g/mol. The lowest BCUT2D eigenvalue weighted by Gasteiger charge is -2.28. The van der Waals surface area contributed by atoms with Crippen molar-refractivity contribution in [1.29, 1.82) is 0 Å². The van der Waals surface area contributed by atoms with Crippen molar-refractivity contribution in [3.63, 3.8) is 0 Å². The first-order chi connectivity index (χ1) is 7.24. The van der Waals surface area contributed by atoms with Crippen molar-refractivity contribution in [3.05, 3.63) is 17.5 Å². The van der Waals surface area contributed by atoms with Crippen molar-refractivity contribution in [2.24, 2.45) is 12.8 Å². The third kappa shape index (κ3) is 2.28. The van der Waals surface area contributed by atoms with E-state index in [-0.39, 0.29) is 12.0 Å². The third-order valence-electron chi connectivity index (χ3n) is 2.99. The van der Waals surface area contributed by atoms with Gasteiger partial charge in [-0.05, 0) is 0 Å². The van der Waals surface area contributed by atoms with E-state index >= 15 is 0 Å². The molecule has 0 bridgehead atoms. The Morgan fingerprint density at radius 1 is 1.38 bits per heavy atom. The van der Waals surface area contributed by atoms with Gasteiger partial charge in [-0.15, -0.1) is 0 Å². The minimum atomic E-state index is -0.406. The second-order valence-corrected chi connectivity index (χ2v) is 5.74. The van der Waals surface area contributed by atoms with E-state index in [1.165, 1.54) is 0 Å². The monoisotopic (exact) mass is 225 g/mol. The summed E-state index contributed by atoms with van der Waals surface area (Å²) in [6.07, 6.45) is 1.96. The zero-order valence-electron chi connectivity index (χ0n) is 10.9. The van der Waals surface area contributed by atoms with E-state index in [9.17, 15) is 5.11 Å². The average molecular weight is 225 g/mol. The van der Waals surface area contributed by atoms with Gasteiger partial charge in [0.1, 0.15) is 0 Å². The zero-order valence-corrected chi connectivity index (χ0v) is 10.9. The molecule has 4 nitrogen and oxygen atoms in total. The van der Waals surface area contributed by atoms with Crippen LogP contribution < -0.4 is 5.73 Å². The van der Waals surface area contributed by atoms with Crippen LogP contribution in [0.5, 0.6) is 0 Å². The van der Waals surface area contributed by atoms with Crippen LogP contribution in [-0.2, 0) is 17.9 Å². The molecular formula is C12H23N3O. The SMILES string of the molecule is Cn1cc(C(C)(CN)CO)c(C(C)(C)C)n1. The first kappa shape index (κ1) is 13.2. The molecule has 0 aliphatic heterocycles. The van der Waals surface area contributed by atoms with Crippen molar-refractivity contribution in [2.45, 2.75) is 38.5 Å². The molecule has 0 amide bonds. The summed E-state index contributed by atoms with van der Waals surface area (Å²) < 4.78 is 1.79. The van der Waals surface area contributed by atoms with Gasteiger partial charge in [-0.2, -0.15) is 5.10 Å². The summed E-state index contributed by atoms with van der Waals surface area (Å²) >= 11 is 0. The Morgan fingerprint density at radius 2 is 1.94 bits per heavy atom. The van der Waals surface area contributed by atoms with Crippen molar-refractivity contribution in [3.8, 4) is 0 Å². The molecule has 1 atom stereocenters. The molecule has 0 aliphatic rings. The highest BCUT2D eigenvalue weighted by Crippen LogP contribution is 2.32. The summed E-state index contributed by atoms with van der Waals surface area (Å²) in [7, 11) is 1.90. The standard InChI is InChI=1S/C12H23N3O/c1-11(2,3)10-9(6-15(5)14-10)12(4,7-13)8-16/h6,16H,7-8,13H2,1-5H3. The number of aliphatic hydroxyl groups excluding tert-OH is 1. The smallest absolute Gasteiger partial charge is 0.0716 e. The van der Waals surface area contributed by atoms with Crippen LogP contribution in [0.2, 0.25) is 0 Å². The van der Waals surface area contributed by atoms with E-state index in [1.807, 2.05) is 20.2 Å². The fourth-order valence-corrected chi connectivity index (χ4v) is 1.74. The second kappa shape index (κ2) is 4.18. The lowest BCUT2D eigenvalue weighted by Crippen LogP contribution is -2.37. The van der Waals surface area contributed by atoms with Crippen molar-refractivity contribution in [1.82, 2.24) is 9.78 Å². The number of hydrogen-bond acceptors (Lipinski definition) is 3. The summed E-state index contributed by atoms with van der Waals surface area (Å²) in [5.41, 5.74) is 7.39. The van der Waals surface area contributed by atoms with Crippen molar-refractivity contribution < 1.29 is 5.11 Å². The predicted molar refractivity (Wildman–Crippen MR) is 65.4 cm³/mol. The van der Waals surface area contributed by atoms with E-state index in [0.29, 0.717) is 6.54 Å². The fraction of sp³-hybridized carbons (Fsp3) is 0.750. The zero-order chi connectivity index (χ0) is 12.6. The first-order valence-electron chi connectivity index (χ1n) is 5.60. The topological polar surface area (TPSA) is 64.1 Å². The fourth-order valence-electron chi connectivity index (χ4n) is 1.74. The number of aryl methyl sites for hydroxylation is 1.